The van der Waals surface area contributed by atoms with E-state index in [0.717, 1.165) is 0 Å². The number of halogens is 5. The van der Waals surface area contributed by atoms with Crippen LogP contribution in [0.5, 0.6) is 0 Å². The van der Waals surface area contributed by atoms with Crippen molar-refractivity contribution >= 4 is 8.32 Å². The molecule has 0 unspecified atom stereocenters. The van der Waals surface area contributed by atoms with Crippen LogP contribution in [-0.4, -0.2) is 27.0 Å². The quantitative estimate of drug-likeness (QED) is 0.536. The highest BCUT2D eigenvalue weighted by Gasteiger charge is 2.58. The predicted molar refractivity (Wildman–Crippen MR) is 44.9 cm³/mol. The van der Waals surface area contributed by atoms with Crippen LogP contribution in [0.4, 0.5) is 22.0 Å². The molecule has 0 spiro atoms. The van der Waals surface area contributed by atoms with Crippen molar-refractivity contribution in [3.8, 4) is 0 Å². The van der Waals surface area contributed by atoms with Crippen LogP contribution in [0.15, 0.2) is 0 Å². The van der Waals surface area contributed by atoms with Crippen molar-refractivity contribution in [3.05, 3.63) is 0 Å². The van der Waals surface area contributed by atoms with Gasteiger partial charge in [-0.05, 0) is 19.1 Å². The van der Waals surface area contributed by atoms with E-state index in [1.165, 1.54) is 0 Å². The third-order valence-electron chi connectivity index (χ3n) is 1.91. The maximum atomic E-state index is 12.4. The summed E-state index contributed by atoms with van der Waals surface area (Å²) in [5.74, 6) is -4.74. The maximum Gasteiger partial charge on any atom is 0.455 e. The molecule has 7 heteroatoms. The number of hydrogen-bond acceptors (Lipinski definition) is 1. The SMILES string of the molecule is CC[Si](C)(C)OCC(F)(F)C(F)(F)F. The van der Waals surface area contributed by atoms with E-state index in [9.17, 15) is 22.0 Å². The summed E-state index contributed by atoms with van der Waals surface area (Å²) in [6, 6.07) is 0.501. The molecule has 0 aromatic heterocycles. The molecule has 0 heterocycles. The number of alkyl halides is 5. The molecule has 0 saturated heterocycles. The lowest BCUT2D eigenvalue weighted by atomic mass is 10.3. The van der Waals surface area contributed by atoms with Crippen LogP contribution in [0.1, 0.15) is 6.92 Å². The second-order valence-electron chi connectivity index (χ2n) is 3.60. The minimum absolute atomic E-state index is 0.501. The van der Waals surface area contributed by atoms with Crippen molar-refractivity contribution in [2.45, 2.75) is 38.2 Å². The fraction of sp³-hybridized carbons (Fsp3) is 1.00. The van der Waals surface area contributed by atoms with Gasteiger partial charge in [0.1, 0.15) is 6.61 Å². The van der Waals surface area contributed by atoms with Gasteiger partial charge in [-0.2, -0.15) is 22.0 Å². The molecule has 0 radical (unpaired) electrons. The van der Waals surface area contributed by atoms with Gasteiger partial charge in [-0.1, -0.05) is 6.92 Å². The van der Waals surface area contributed by atoms with E-state index in [4.69, 9.17) is 0 Å². The minimum atomic E-state index is -5.52. The normalized spacial score (nSPS) is 14.6. The Kier molecular flexibility index (Phi) is 4.09. The third-order valence-corrected chi connectivity index (χ3v) is 4.54. The fourth-order valence-electron chi connectivity index (χ4n) is 0.470. The third kappa shape index (κ3) is 3.91. The molecule has 0 bridgehead atoms. The Labute approximate surface area is 80.4 Å². The van der Waals surface area contributed by atoms with Crippen molar-refractivity contribution in [2.24, 2.45) is 0 Å². The van der Waals surface area contributed by atoms with Gasteiger partial charge in [0, 0.05) is 0 Å². The van der Waals surface area contributed by atoms with E-state index in [2.05, 4.69) is 4.43 Å². The average Bonchev–Trinajstić information content (AvgIpc) is 1.99. The van der Waals surface area contributed by atoms with Gasteiger partial charge in [0.2, 0.25) is 0 Å². The zero-order valence-electron chi connectivity index (χ0n) is 8.21. The first kappa shape index (κ1) is 13.8. The summed E-state index contributed by atoms with van der Waals surface area (Å²) in [7, 11) is -2.35. The van der Waals surface area contributed by atoms with E-state index >= 15 is 0 Å². The van der Waals surface area contributed by atoms with E-state index in [0.29, 0.717) is 6.04 Å². The molecule has 86 valence electrons. The summed E-state index contributed by atoms with van der Waals surface area (Å²) >= 11 is 0. The largest absolute Gasteiger partial charge is 0.455 e. The Morgan fingerprint density at radius 3 is 1.79 bits per heavy atom. The van der Waals surface area contributed by atoms with Crippen molar-refractivity contribution in [2.75, 3.05) is 6.61 Å². The molecular weight excluding hydrogens is 223 g/mol. The molecule has 0 N–H and O–H groups in total. The summed E-state index contributed by atoms with van der Waals surface area (Å²) in [6.45, 7) is 3.33. The Morgan fingerprint density at radius 2 is 1.50 bits per heavy atom. The van der Waals surface area contributed by atoms with Gasteiger partial charge < -0.3 is 4.43 Å². The molecule has 0 saturated carbocycles. The van der Waals surface area contributed by atoms with Gasteiger partial charge in [-0.3, -0.25) is 0 Å². The van der Waals surface area contributed by atoms with Crippen molar-refractivity contribution < 1.29 is 26.4 Å². The highest BCUT2D eigenvalue weighted by Crippen LogP contribution is 2.36. The second kappa shape index (κ2) is 4.14. The first-order valence-electron chi connectivity index (χ1n) is 4.10. The summed E-state index contributed by atoms with van der Waals surface area (Å²) in [4.78, 5) is 0. The highest BCUT2D eigenvalue weighted by molar-refractivity contribution is 6.71. The van der Waals surface area contributed by atoms with Gasteiger partial charge in [0.05, 0.1) is 0 Å². The summed E-state index contributed by atoms with van der Waals surface area (Å²) < 4.78 is 64.5. The molecule has 0 aromatic carbocycles. The monoisotopic (exact) mass is 236 g/mol. The molecule has 0 aromatic rings. The van der Waals surface area contributed by atoms with Crippen LogP contribution in [0, 0.1) is 0 Å². The van der Waals surface area contributed by atoms with Crippen molar-refractivity contribution in [3.63, 3.8) is 0 Å². The molecule has 0 atom stereocenters. The van der Waals surface area contributed by atoms with Gasteiger partial charge in [0.15, 0.2) is 8.32 Å². The molecular formula is C7H13F5OSi. The van der Waals surface area contributed by atoms with Crippen LogP contribution in [0.2, 0.25) is 19.1 Å². The lowest BCUT2D eigenvalue weighted by Gasteiger charge is -2.26. The van der Waals surface area contributed by atoms with Crippen LogP contribution in [0.25, 0.3) is 0 Å². The second-order valence-corrected chi connectivity index (χ2v) is 8.12. The molecule has 0 amide bonds. The lowest BCUT2D eigenvalue weighted by Crippen LogP contribution is -2.44. The topological polar surface area (TPSA) is 9.23 Å². The van der Waals surface area contributed by atoms with E-state index in [-0.39, 0.29) is 0 Å². The van der Waals surface area contributed by atoms with E-state index < -0.39 is 27.0 Å². The fourth-order valence-corrected chi connectivity index (χ4v) is 1.25. The molecule has 14 heavy (non-hydrogen) atoms. The number of rotatable bonds is 4. The van der Waals surface area contributed by atoms with Gasteiger partial charge in [-0.25, -0.2) is 0 Å². The zero-order valence-corrected chi connectivity index (χ0v) is 9.21. The average molecular weight is 236 g/mol. The van der Waals surface area contributed by atoms with Gasteiger partial charge in [0.25, 0.3) is 0 Å². The van der Waals surface area contributed by atoms with Crippen LogP contribution in [0.3, 0.4) is 0 Å². The maximum absolute atomic E-state index is 12.4. The van der Waals surface area contributed by atoms with Crippen molar-refractivity contribution in [1.29, 1.82) is 0 Å². The first-order valence-corrected chi connectivity index (χ1v) is 7.22. The first-order chi connectivity index (χ1) is 6.02. The Hall–Kier alpha value is -0.173. The van der Waals surface area contributed by atoms with Crippen LogP contribution < -0.4 is 0 Å². The van der Waals surface area contributed by atoms with Crippen LogP contribution in [-0.2, 0) is 4.43 Å². The predicted octanol–water partition coefficient (Wildman–Crippen LogP) is 3.43. The van der Waals surface area contributed by atoms with Gasteiger partial charge >= 0.3 is 12.1 Å². The van der Waals surface area contributed by atoms with Crippen molar-refractivity contribution in [1.82, 2.24) is 0 Å². The molecule has 0 aliphatic heterocycles. The smallest absolute Gasteiger partial charge is 0.411 e. The molecule has 0 aliphatic rings. The summed E-state index contributed by atoms with van der Waals surface area (Å²) in [5.41, 5.74) is 0. The van der Waals surface area contributed by atoms with Gasteiger partial charge in [-0.15, -0.1) is 0 Å². The Balaban J connectivity index is 4.27. The minimum Gasteiger partial charge on any atom is -0.411 e. The summed E-state index contributed by atoms with van der Waals surface area (Å²) in [5, 5.41) is 0. The van der Waals surface area contributed by atoms with E-state index in [1.807, 2.05) is 0 Å². The Bertz CT molecular complexity index is 189. The van der Waals surface area contributed by atoms with E-state index in [1.54, 1.807) is 20.0 Å². The molecule has 0 aliphatic carbocycles. The zero-order chi connectivity index (χ0) is 11.6. The summed E-state index contributed by atoms with van der Waals surface area (Å²) in [6.07, 6.45) is -5.52. The molecule has 0 rings (SSSR count). The molecule has 0 fully saturated rings. The highest BCUT2D eigenvalue weighted by atomic mass is 28.4. The Morgan fingerprint density at radius 1 is 1.07 bits per heavy atom. The standard InChI is InChI=1S/C7H13F5OSi/c1-4-14(2,3)13-5-6(8,9)7(10,11)12/h4-5H2,1-3H3. The number of hydrogen-bond donors (Lipinski definition) is 0. The lowest BCUT2D eigenvalue weighted by molar-refractivity contribution is -0.290. The molecule has 1 nitrogen and oxygen atoms in total. The van der Waals surface area contributed by atoms with Crippen LogP contribution >= 0.6 is 0 Å².